The third-order valence-electron chi connectivity index (χ3n) is 5.95. The molecule has 0 saturated carbocycles. The highest BCUT2D eigenvalue weighted by Gasteiger charge is 2.18. The van der Waals surface area contributed by atoms with E-state index in [2.05, 4.69) is 64.8 Å². The molecular formula is C25H29N3O2. The lowest BCUT2D eigenvalue weighted by atomic mass is 10.1. The zero-order valence-electron chi connectivity index (χ0n) is 17.3. The average Bonchev–Trinajstić information content (AvgIpc) is 3.35. The van der Waals surface area contributed by atoms with Crippen LogP contribution >= 0.6 is 0 Å². The van der Waals surface area contributed by atoms with Crippen molar-refractivity contribution in [1.29, 1.82) is 0 Å². The van der Waals surface area contributed by atoms with Crippen molar-refractivity contribution in [2.24, 2.45) is 0 Å². The number of anilines is 1. The zero-order valence-corrected chi connectivity index (χ0v) is 17.3. The molecule has 0 bridgehead atoms. The number of piperidine rings is 1. The number of hydrogen-bond donors (Lipinski definition) is 1. The highest BCUT2D eigenvalue weighted by atomic mass is 16.7. The minimum absolute atomic E-state index is 0.206. The maximum Gasteiger partial charge on any atom is 0.184 e. The Kier molecular flexibility index (Phi) is 5.93. The van der Waals surface area contributed by atoms with Gasteiger partial charge in [0.2, 0.25) is 0 Å². The summed E-state index contributed by atoms with van der Waals surface area (Å²) in [4.78, 5) is 7.50. The molecular weight excluding hydrogens is 374 g/mol. The molecule has 2 saturated heterocycles. The molecule has 0 radical (unpaired) electrons. The summed E-state index contributed by atoms with van der Waals surface area (Å²) in [7, 11) is 0. The lowest BCUT2D eigenvalue weighted by Crippen LogP contribution is -2.31. The van der Waals surface area contributed by atoms with Gasteiger partial charge < -0.3 is 19.7 Å². The monoisotopic (exact) mass is 403 g/mol. The predicted octanol–water partition coefficient (Wildman–Crippen LogP) is 4.56. The highest BCUT2D eigenvalue weighted by molar-refractivity contribution is 5.81. The van der Waals surface area contributed by atoms with E-state index in [1.54, 1.807) is 0 Å². The Balaban J connectivity index is 1.29. The summed E-state index contributed by atoms with van der Waals surface area (Å²) in [5.74, 6) is 1.15. The minimum atomic E-state index is -0.206. The molecule has 2 aromatic carbocycles. The molecule has 3 aromatic rings. The number of ether oxygens (including phenoxy) is 2. The van der Waals surface area contributed by atoms with Crippen LogP contribution in [0, 0.1) is 0 Å². The van der Waals surface area contributed by atoms with Crippen molar-refractivity contribution in [3.05, 3.63) is 71.3 Å². The lowest BCUT2D eigenvalue weighted by molar-refractivity contribution is -0.0441. The van der Waals surface area contributed by atoms with Gasteiger partial charge in [-0.25, -0.2) is 4.98 Å². The van der Waals surface area contributed by atoms with Crippen molar-refractivity contribution in [2.75, 3.05) is 31.2 Å². The van der Waals surface area contributed by atoms with Gasteiger partial charge in [0.1, 0.15) is 5.82 Å². The Labute approximate surface area is 178 Å². The molecule has 3 heterocycles. The standard InChI is InChI=1S/C25H29N3O2/c1-4-12-28(13-5-1)24-22(16-21-6-2-3-7-23(21)27-24)18-26-17-19-8-10-20(11-9-19)25-29-14-15-30-25/h2-3,6-11,16,25-26H,1,4-5,12-15,17-18H2. The number of benzene rings is 2. The van der Waals surface area contributed by atoms with Crippen molar-refractivity contribution < 1.29 is 9.47 Å². The SMILES string of the molecule is c1ccc2nc(N3CCCCC3)c(CNCc3ccc(C4OCCO4)cc3)cc2c1. The first kappa shape index (κ1) is 19.5. The quantitative estimate of drug-likeness (QED) is 0.654. The molecule has 30 heavy (non-hydrogen) atoms. The fourth-order valence-electron chi connectivity index (χ4n) is 4.34. The fourth-order valence-corrected chi connectivity index (χ4v) is 4.34. The van der Waals surface area contributed by atoms with E-state index in [1.807, 2.05) is 0 Å². The van der Waals surface area contributed by atoms with E-state index in [9.17, 15) is 0 Å². The average molecular weight is 404 g/mol. The molecule has 5 heteroatoms. The molecule has 5 rings (SSSR count). The second-order valence-corrected chi connectivity index (χ2v) is 8.13. The number of pyridine rings is 1. The molecule has 2 aliphatic heterocycles. The van der Waals surface area contributed by atoms with Gasteiger partial charge in [-0.1, -0.05) is 42.5 Å². The summed E-state index contributed by atoms with van der Waals surface area (Å²) in [5.41, 5.74) is 4.70. The van der Waals surface area contributed by atoms with Gasteiger partial charge in [0.25, 0.3) is 0 Å². The Bertz CT molecular complexity index is 977. The van der Waals surface area contributed by atoms with Crippen LogP contribution in [0.4, 0.5) is 5.82 Å². The Morgan fingerprint density at radius 2 is 1.67 bits per heavy atom. The molecule has 1 N–H and O–H groups in total. The van der Waals surface area contributed by atoms with Crippen LogP contribution in [-0.2, 0) is 22.6 Å². The first-order chi connectivity index (χ1) is 14.9. The predicted molar refractivity (Wildman–Crippen MR) is 119 cm³/mol. The largest absolute Gasteiger partial charge is 0.356 e. The minimum Gasteiger partial charge on any atom is -0.356 e. The van der Waals surface area contributed by atoms with Gasteiger partial charge in [0.15, 0.2) is 6.29 Å². The van der Waals surface area contributed by atoms with Gasteiger partial charge in [0, 0.05) is 42.7 Å². The van der Waals surface area contributed by atoms with Crippen molar-refractivity contribution in [1.82, 2.24) is 10.3 Å². The van der Waals surface area contributed by atoms with Crippen molar-refractivity contribution in [3.8, 4) is 0 Å². The van der Waals surface area contributed by atoms with Gasteiger partial charge in [-0.2, -0.15) is 0 Å². The Hall–Kier alpha value is -2.47. The first-order valence-electron chi connectivity index (χ1n) is 11.0. The third-order valence-corrected chi connectivity index (χ3v) is 5.95. The summed E-state index contributed by atoms with van der Waals surface area (Å²) in [5, 5.41) is 4.83. The number of rotatable bonds is 6. The number of fused-ring (bicyclic) bond motifs is 1. The second-order valence-electron chi connectivity index (χ2n) is 8.13. The van der Waals surface area contributed by atoms with Crippen LogP contribution in [0.2, 0.25) is 0 Å². The summed E-state index contributed by atoms with van der Waals surface area (Å²) in [6.07, 6.45) is 3.62. The molecule has 5 nitrogen and oxygen atoms in total. The first-order valence-corrected chi connectivity index (χ1v) is 11.0. The van der Waals surface area contributed by atoms with Gasteiger partial charge >= 0.3 is 0 Å². The van der Waals surface area contributed by atoms with Crippen LogP contribution in [0.15, 0.2) is 54.6 Å². The maximum atomic E-state index is 5.57. The maximum absolute atomic E-state index is 5.57. The number of nitrogens with zero attached hydrogens (tertiary/aromatic N) is 2. The molecule has 0 atom stereocenters. The van der Waals surface area contributed by atoms with Crippen LogP contribution in [0.25, 0.3) is 10.9 Å². The van der Waals surface area contributed by atoms with E-state index < -0.39 is 0 Å². The lowest BCUT2D eigenvalue weighted by Gasteiger charge is -2.30. The summed E-state index contributed by atoms with van der Waals surface area (Å²) in [6, 6.07) is 19.2. The van der Waals surface area contributed by atoms with E-state index in [0.717, 1.165) is 43.1 Å². The normalized spacial score (nSPS) is 17.7. The third kappa shape index (κ3) is 4.33. The van der Waals surface area contributed by atoms with Gasteiger partial charge in [-0.05, 0) is 37.0 Å². The van der Waals surface area contributed by atoms with E-state index in [0.29, 0.717) is 13.2 Å². The van der Waals surface area contributed by atoms with Gasteiger partial charge in [0.05, 0.1) is 18.7 Å². The molecule has 0 spiro atoms. The van der Waals surface area contributed by atoms with Gasteiger partial charge in [-0.15, -0.1) is 0 Å². The summed E-state index contributed by atoms with van der Waals surface area (Å²) >= 11 is 0. The van der Waals surface area contributed by atoms with Crippen LogP contribution in [0.3, 0.4) is 0 Å². The Morgan fingerprint density at radius 3 is 2.47 bits per heavy atom. The van der Waals surface area contributed by atoms with E-state index in [-0.39, 0.29) is 6.29 Å². The van der Waals surface area contributed by atoms with Crippen molar-refractivity contribution >= 4 is 16.7 Å². The fraction of sp³-hybridized carbons (Fsp3) is 0.400. The van der Waals surface area contributed by atoms with Crippen LogP contribution < -0.4 is 10.2 Å². The smallest absolute Gasteiger partial charge is 0.184 e. The molecule has 0 aliphatic carbocycles. The molecule has 1 aromatic heterocycles. The molecule has 0 amide bonds. The van der Waals surface area contributed by atoms with Crippen LogP contribution in [0.5, 0.6) is 0 Å². The number of hydrogen-bond acceptors (Lipinski definition) is 5. The molecule has 2 aliphatic rings. The number of nitrogens with one attached hydrogen (secondary N) is 1. The number of para-hydroxylation sites is 1. The van der Waals surface area contributed by atoms with Crippen molar-refractivity contribution in [3.63, 3.8) is 0 Å². The summed E-state index contributed by atoms with van der Waals surface area (Å²) < 4.78 is 11.1. The number of aromatic nitrogens is 1. The summed E-state index contributed by atoms with van der Waals surface area (Å²) in [6.45, 7) is 5.18. The molecule has 2 fully saturated rings. The highest BCUT2D eigenvalue weighted by Crippen LogP contribution is 2.27. The topological polar surface area (TPSA) is 46.6 Å². The van der Waals surface area contributed by atoms with Crippen molar-refractivity contribution in [2.45, 2.75) is 38.6 Å². The van der Waals surface area contributed by atoms with Crippen LogP contribution in [-0.4, -0.2) is 31.3 Å². The zero-order chi connectivity index (χ0) is 20.2. The molecule has 0 unspecified atom stereocenters. The van der Waals surface area contributed by atoms with Crippen LogP contribution in [0.1, 0.15) is 42.2 Å². The second kappa shape index (κ2) is 9.13. The Morgan fingerprint density at radius 1 is 0.900 bits per heavy atom. The van der Waals surface area contributed by atoms with E-state index in [1.165, 1.54) is 35.8 Å². The van der Waals surface area contributed by atoms with E-state index in [4.69, 9.17) is 14.5 Å². The van der Waals surface area contributed by atoms with E-state index >= 15 is 0 Å². The van der Waals surface area contributed by atoms with Gasteiger partial charge in [-0.3, -0.25) is 0 Å². The molecule has 156 valence electrons.